The molecule has 0 heterocycles. The second-order valence-electron chi connectivity index (χ2n) is 6.13. The van der Waals surface area contributed by atoms with Crippen LogP contribution in [0.5, 0.6) is 0 Å². The molecule has 15 nitrogen and oxygen atoms in total. The number of hydrogen-bond donors (Lipinski definition) is 2. The first-order chi connectivity index (χ1) is 15.1. The van der Waals surface area contributed by atoms with Gasteiger partial charge in [-0.25, -0.2) is 0 Å². The van der Waals surface area contributed by atoms with Crippen LogP contribution in [0.3, 0.4) is 0 Å². The number of Topliss-reactive ketones (excluding diaryl/α,β-unsaturated/α-hetero) is 2. The maximum absolute atomic E-state index is 9.44. The smallest absolute Gasteiger partial charge is 0.411 e. The van der Waals surface area contributed by atoms with Gasteiger partial charge in [0.15, 0.2) is 0 Å². The number of carbonyl (C=O) groups is 2. The van der Waals surface area contributed by atoms with Crippen LogP contribution in [0, 0.1) is 30.6 Å². The summed E-state index contributed by atoms with van der Waals surface area (Å²) in [5.74, 6) is 0.333. The monoisotopic (exact) mass is 533 g/mol. The molecule has 0 saturated heterocycles. The van der Waals surface area contributed by atoms with Crippen LogP contribution in [0.2, 0.25) is 0 Å². The van der Waals surface area contributed by atoms with Crippen molar-refractivity contribution >= 4 is 28.7 Å². The molecule has 1 radical (unpaired) electrons. The third kappa shape index (κ3) is 51.1. The van der Waals surface area contributed by atoms with Crippen molar-refractivity contribution in [1.82, 2.24) is 0 Å². The zero-order chi connectivity index (χ0) is 27.0. The van der Waals surface area contributed by atoms with Crippen molar-refractivity contribution in [3.63, 3.8) is 0 Å². The van der Waals surface area contributed by atoms with Crippen molar-refractivity contribution in [2.75, 3.05) is 18.0 Å². The van der Waals surface area contributed by atoms with Gasteiger partial charge < -0.3 is 55.5 Å². The molecule has 1 aromatic carbocycles. The van der Waals surface area contributed by atoms with Gasteiger partial charge in [-0.2, -0.15) is 0 Å². The summed E-state index contributed by atoms with van der Waals surface area (Å²) >= 11 is 0. The van der Waals surface area contributed by atoms with Gasteiger partial charge in [0.1, 0.15) is 11.6 Å². The van der Waals surface area contributed by atoms with Gasteiger partial charge >= 0.3 is 16.5 Å². The summed E-state index contributed by atoms with van der Waals surface area (Å²) in [5.41, 5.74) is 2.18. The van der Waals surface area contributed by atoms with E-state index in [1.807, 2.05) is 35.2 Å². The summed E-state index contributed by atoms with van der Waals surface area (Å²) < 4.78 is 0. The molecule has 0 atom stereocenters. The van der Waals surface area contributed by atoms with Gasteiger partial charge in [0.25, 0.3) is 0 Å². The van der Waals surface area contributed by atoms with Crippen molar-refractivity contribution < 1.29 is 46.7 Å². The Labute approximate surface area is 206 Å². The van der Waals surface area contributed by atoms with E-state index in [1.165, 1.54) is 27.7 Å². The van der Waals surface area contributed by atoms with Gasteiger partial charge in [-0.05, 0) is 53.7 Å². The summed E-state index contributed by atoms with van der Waals surface area (Å²) in [7, 11) is 0. The third-order valence-electron chi connectivity index (χ3n) is 2.30. The first-order valence-electron chi connectivity index (χ1n) is 8.82. The predicted octanol–water partition coefficient (Wildman–Crippen LogP) is 2.90. The second-order valence-corrected chi connectivity index (χ2v) is 6.13. The first-order valence-corrected chi connectivity index (χ1v) is 8.82. The van der Waals surface area contributed by atoms with E-state index in [9.17, 15) is 9.59 Å². The Morgan fingerprint density at radius 1 is 0.765 bits per heavy atom. The van der Waals surface area contributed by atoms with Crippen molar-refractivity contribution in [3.8, 4) is 0 Å². The van der Waals surface area contributed by atoms with Gasteiger partial charge in [0, 0.05) is 5.69 Å². The van der Waals surface area contributed by atoms with Crippen LogP contribution in [0.15, 0.2) is 40.6 Å². The summed E-state index contributed by atoms with van der Waals surface area (Å²) in [5, 5.41) is 53.2. The van der Waals surface area contributed by atoms with Crippen molar-refractivity contribution in [3.05, 3.63) is 61.0 Å². The van der Waals surface area contributed by atoms with E-state index >= 15 is 0 Å². The molecule has 0 aliphatic heterocycles. The molecule has 1 aromatic rings. The molecule has 34 heavy (non-hydrogen) atoms. The number of oxime groups is 2. The molecule has 0 amide bonds. The molecule has 0 aliphatic carbocycles. The van der Waals surface area contributed by atoms with Crippen LogP contribution in [0.25, 0.3) is 0 Å². The van der Waals surface area contributed by atoms with Gasteiger partial charge in [0.05, 0.1) is 34.7 Å². The van der Waals surface area contributed by atoms with Gasteiger partial charge in [-0.15, -0.1) is 0 Å². The van der Waals surface area contributed by atoms with Crippen molar-refractivity contribution in [2.24, 2.45) is 10.3 Å². The SMILES string of the molecule is C/C(CN(C/C(C)=N/O)c1ccccc1)=N\O.CC(C)=O.CC(C)=O.O=[N+]([O-])[O-].O=[N+]([O-])[O-].[Ni+3]. The molecular formula is C18H29N5NiO10+. The maximum atomic E-state index is 9.44. The number of benzene rings is 1. The number of rotatable bonds is 5. The summed E-state index contributed by atoms with van der Waals surface area (Å²) in [6.45, 7) is 10.5. The van der Waals surface area contributed by atoms with Crippen molar-refractivity contribution in [2.45, 2.75) is 41.5 Å². The van der Waals surface area contributed by atoms with Crippen LogP contribution in [0.4, 0.5) is 5.69 Å². The molecule has 0 saturated carbocycles. The number of carbonyl (C=O) groups excluding carboxylic acids is 2. The quantitative estimate of drug-likeness (QED) is 0.183. The molecule has 0 unspecified atom stereocenters. The van der Waals surface area contributed by atoms with Gasteiger partial charge in [-0.1, -0.05) is 28.5 Å². The van der Waals surface area contributed by atoms with E-state index in [2.05, 4.69) is 10.3 Å². The minimum atomic E-state index is -1.75. The normalized spacial score (nSPS) is 9.24. The third-order valence-corrected chi connectivity index (χ3v) is 2.30. The summed E-state index contributed by atoms with van der Waals surface area (Å²) in [6.07, 6.45) is 0. The predicted molar refractivity (Wildman–Crippen MR) is 122 cm³/mol. The molecule has 0 bridgehead atoms. The number of nitrogens with zero attached hydrogens (tertiary/aromatic N) is 5. The van der Waals surface area contributed by atoms with Crippen LogP contribution in [0.1, 0.15) is 41.5 Å². The largest absolute Gasteiger partial charge is 3.00 e. The summed E-state index contributed by atoms with van der Waals surface area (Å²) in [4.78, 5) is 37.4. The Hall–Kier alpha value is -3.81. The zero-order valence-corrected chi connectivity index (χ0v) is 20.5. The van der Waals surface area contributed by atoms with E-state index < -0.39 is 10.2 Å². The van der Waals surface area contributed by atoms with Crippen LogP contribution in [-0.2, 0) is 26.1 Å². The van der Waals surface area contributed by atoms with E-state index in [1.54, 1.807) is 13.8 Å². The Bertz CT molecular complexity index is 677. The molecule has 0 aliphatic rings. The molecule has 195 valence electrons. The van der Waals surface area contributed by atoms with Gasteiger partial charge in [-0.3, -0.25) is 0 Å². The number of ketones is 2. The van der Waals surface area contributed by atoms with Crippen LogP contribution >= 0.6 is 0 Å². The van der Waals surface area contributed by atoms with E-state index in [0.29, 0.717) is 24.5 Å². The Kier molecular flexibility index (Phi) is 32.5. The fourth-order valence-corrected chi connectivity index (χ4v) is 1.49. The topological polar surface area (TPSA) is 235 Å². The fourth-order valence-electron chi connectivity index (χ4n) is 1.49. The number of anilines is 1. The Balaban J connectivity index is -0.000000135. The van der Waals surface area contributed by atoms with Crippen LogP contribution < -0.4 is 4.90 Å². The van der Waals surface area contributed by atoms with Crippen LogP contribution in [-0.4, -0.2) is 56.7 Å². The van der Waals surface area contributed by atoms with E-state index in [-0.39, 0.29) is 28.1 Å². The number of para-hydroxylation sites is 1. The molecule has 0 spiro atoms. The fraction of sp³-hybridized carbons (Fsp3) is 0.444. The first kappa shape index (κ1) is 40.5. The van der Waals surface area contributed by atoms with Gasteiger partial charge in [0.2, 0.25) is 0 Å². The average Bonchev–Trinajstić information content (AvgIpc) is 2.66. The zero-order valence-electron chi connectivity index (χ0n) is 19.5. The van der Waals surface area contributed by atoms with E-state index in [0.717, 1.165) is 5.69 Å². The standard InChI is InChI=1S/C12H17N3O2.2C3H6O.2NO3.Ni/c1-10(13-16)8-15(9-11(2)14-17)12-6-4-3-5-7-12;2*1-3(2)4;2*2-1(3)4;/h3-7,16-17H,8-9H2,1-2H3;2*1-2H3;;;/q;;;2*-1;+3/b13-10+,14-11+;;;;;. The number of hydrogen-bond acceptors (Lipinski definition) is 13. The minimum Gasteiger partial charge on any atom is -0.411 e. The maximum Gasteiger partial charge on any atom is 3.00 e. The molecule has 0 fully saturated rings. The Morgan fingerprint density at radius 2 is 1.00 bits per heavy atom. The molecule has 0 aromatic heterocycles. The summed E-state index contributed by atoms with van der Waals surface area (Å²) in [6, 6.07) is 9.70. The second kappa shape index (κ2) is 27.2. The molecular weight excluding hydrogens is 505 g/mol. The molecule has 16 heteroatoms. The van der Waals surface area contributed by atoms with E-state index in [4.69, 9.17) is 41.1 Å². The minimum absolute atomic E-state index is 0. The Morgan fingerprint density at radius 3 is 1.21 bits per heavy atom. The van der Waals surface area contributed by atoms with Crippen molar-refractivity contribution in [1.29, 1.82) is 0 Å². The average molecular weight is 534 g/mol. The molecule has 1 rings (SSSR count). The molecule has 2 N–H and O–H groups in total.